The maximum atomic E-state index is 12.5. The summed E-state index contributed by atoms with van der Waals surface area (Å²) in [6.07, 6.45) is -3.12. The first-order valence-corrected chi connectivity index (χ1v) is 7.29. The highest BCUT2D eigenvalue weighted by Gasteiger charge is 2.29. The molecule has 0 amide bonds. The summed E-state index contributed by atoms with van der Waals surface area (Å²) in [4.78, 5) is 4.36. The highest BCUT2D eigenvalue weighted by atomic mass is 32.1. The molecule has 1 aromatic carbocycles. The summed E-state index contributed by atoms with van der Waals surface area (Å²) in [7, 11) is 0. The third-order valence-corrected chi connectivity index (χ3v) is 3.94. The van der Waals surface area contributed by atoms with Gasteiger partial charge >= 0.3 is 6.18 Å². The first-order valence-electron chi connectivity index (χ1n) is 6.41. The Morgan fingerprint density at radius 2 is 1.90 bits per heavy atom. The van der Waals surface area contributed by atoms with Crippen LogP contribution in [0.2, 0.25) is 0 Å². The van der Waals surface area contributed by atoms with E-state index in [0.29, 0.717) is 12.8 Å². The van der Waals surface area contributed by atoms with Gasteiger partial charge < -0.3 is 0 Å². The number of alkyl halides is 3. The zero-order valence-electron chi connectivity index (χ0n) is 11.4. The lowest BCUT2D eigenvalue weighted by Crippen LogP contribution is -2.38. The summed E-state index contributed by atoms with van der Waals surface area (Å²) in [5.74, 6) is 5.52. The molecule has 0 spiro atoms. The van der Waals surface area contributed by atoms with Gasteiger partial charge in [-0.15, -0.1) is 11.3 Å². The second-order valence-electron chi connectivity index (χ2n) is 4.82. The SMILES string of the molecule is Cc1nc(CC(Cc2ccc(C(F)(F)F)cc2)NN)cs1. The molecule has 0 aliphatic rings. The monoisotopic (exact) mass is 315 g/mol. The van der Waals surface area contributed by atoms with Crippen LogP contribution in [0.25, 0.3) is 0 Å². The largest absolute Gasteiger partial charge is 0.416 e. The van der Waals surface area contributed by atoms with E-state index >= 15 is 0 Å². The van der Waals surface area contributed by atoms with Crippen LogP contribution in [0.5, 0.6) is 0 Å². The van der Waals surface area contributed by atoms with Crippen LogP contribution in [-0.4, -0.2) is 11.0 Å². The van der Waals surface area contributed by atoms with E-state index in [1.54, 1.807) is 11.3 Å². The molecule has 1 heterocycles. The first-order chi connectivity index (χ1) is 9.88. The van der Waals surface area contributed by atoms with E-state index in [9.17, 15) is 13.2 Å². The smallest absolute Gasteiger partial charge is 0.271 e. The van der Waals surface area contributed by atoms with E-state index < -0.39 is 11.7 Å². The number of aromatic nitrogens is 1. The van der Waals surface area contributed by atoms with Gasteiger partial charge in [-0.25, -0.2) is 4.98 Å². The predicted octanol–water partition coefficient (Wildman–Crippen LogP) is 3.09. The first kappa shape index (κ1) is 15.9. The Bertz CT molecular complexity index is 578. The van der Waals surface area contributed by atoms with Crippen molar-refractivity contribution in [3.63, 3.8) is 0 Å². The molecule has 114 valence electrons. The third-order valence-electron chi connectivity index (χ3n) is 3.12. The fourth-order valence-electron chi connectivity index (χ4n) is 2.06. The lowest BCUT2D eigenvalue weighted by molar-refractivity contribution is -0.137. The van der Waals surface area contributed by atoms with E-state index in [1.165, 1.54) is 12.1 Å². The van der Waals surface area contributed by atoms with Crippen molar-refractivity contribution in [2.45, 2.75) is 32.0 Å². The van der Waals surface area contributed by atoms with E-state index in [0.717, 1.165) is 28.4 Å². The number of halogens is 3. The predicted molar refractivity (Wildman–Crippen MR) is 76.8 cm³/mol. The number of thiazole rings is 1. The summed E-state index contributed by atoms with van der Waals surface area (Å²) >= 11 is 1.56. The van der Waals surface area contributed by atoms with Crippen LogP contribution in [0.4, 0.5) is 13.2 Å². The lowest BCUT2D eigenvalue weighted by Gasteiger charge is -2.15. The van der Waals surface area contributed by atoms with Crippen molar-refractivity contribution in [2.24, 2.45) is 5.84 Å². The lowest BCUT2D eigenvalue weighted by atomic mass is 10.0. The molecule has 0 saturated heterocycles. The van der Waals surface area contributed by atoms with Gasteiger partial charge in [0.15, 0.2) is 0 Å². The topological polar surface area (TPSA) is 50.9 Å². The number of nitrogens with one attached hydrogen (secondary N) is 1. The van der Waals surface area contributed by atoms with Gasteiger partial charge in [0.2, 0.25) is 0 Å². The van der Waals surface area contributed by atoms with Gasteiger partial charge in [0.05, 0.1) is 16.3 Å². The van der Waals surface area contributed by atoms with Crippen LogP contribution < -0.4 is 11.3 Å². The molecule has 3 nitrogen and oxygen atoms in total. The molecule has 0 fully saturated rings. The van der Waals surface area contributed by atoms with Crippen LogP contribution in [0, 0.1) is 6.92 Å². The molecule has 1 atom stereocenters. The fraction of sp³-hybridized carbons (Fsp3) is 0.357. The van der Waals surface area contributed by atoms with Crippen LogP contribution in [-0.2, 0) is 19.0 Å². The van der Waals surface area contributed by atoms with Crippen molar-refractivity contribution >= 4 is 11.3 Å². The number of aryl methyl sites for hydroxylation is 1. The molecule has 21 heavy (non-hydrogen) atoms. The number of nitrogens with zero attached hydrogens (tertiary/aromatic N) is 1. The van der Waals surface area contributed by atoms with Crippen molar-refractivity contribution < 1.29 is 13.2 Å². The molecule has 3 N–H and O–H groups in total. The van der Waals surface area contributed by atoms with Crippen LogP contribution in [0.3, 0.4) is 0 Å². The zero-order valence-corrected chi connectivity index (χ0v) is 12.3. The summed E-state index contributed by atoms with van der Waals surface area (Å²) in [6.45, 7) is 1.93. The van der Waals surface area contributed by atoms with Gasteiger partial charge in [-0.1, -0.05) is 12.1 Å². The number of benzene rings is 1. The van der Waals surface area contributed by atoms with Crippen LogP contribution in [0.1, 0.15) is 21.8 Å². The number of hydrazine groups is 1. The summed E-state index contributed by atoms with van der Waals surface area (Å²) in [5.41, 5.74) is 3.80. The number of nitrogens with two attached hydrogens (primary N) is 1. The maximum Gasteiger partial charge on any atom is 0.416 e. The van der Waals surface area contributed by atoms with Gasteiger partial charge in [-0.2, -0.15) is 13.2 Å². The Labute approximate surface area is 125 Å². The zero-order chi connectivity index (χ0) is 15.5. The minimum Gasteiger partial charge on any atom is -0.271 e. The molecule has 0 radical (unpaired) electrons. The van der Waals surface area contributed by atoms with E-state index in [2.05, 4.69) is 10.4 Å². The number of hydrogen-bond acceptors (Lipinski definition) is 4. The van der Waals surface area contributed by atoms with Gasteiger partial charge in [0, 0.05) is 17.8 Å². The van der Waals surface area contributed by atoms with Crippen LogP contribution in [0.15, 0.2) is 29.6 Å². The second kappa shape index (κ2) is 6.55. The standard InChI is InChI=1S/C14H16F3N3S/c1-9-19-13(8-21-9)7-12(20-18)6-10-2-4-11(5-3-10)14(15,16)17/h2-5,8,12,20H,6-7,18H2,1H3. The third kappa shape index (κ3) is 4.52. The highest BCUT2D eigenvalue weighted by Crippen LogP contribution is 2.29. The highest BCUT2D eigenvalue weighted by molar-refractivity contribution is 7.09. The van der Waals surface area contributed by atoms with Gasteiger partial charge in [-0.3, -0.25) is 11.3 Å². The molecule has 1 unspecified atom stereocenters. The quantitative estimate of drug-likeness (QED) is 0.658. The van der Waals surface area contributed by atoms with Crippen molar-refractivity contribution in [1.29, 1.82) is 0 Å². The maximum absolute atomic E-state index is 12.5. The average molecular weight is 315 g/mol. The normalized spacial score (nSPS) is 13.4. The number of rotatable bonds is 5. The van der Waals surface area contributed by atoms with Crippen molar-refractivity contribution in [3.8, 4) is 0 Å². The molecule has 7 heteroatoms. The van der Waals surface area contributed by atoms with Crippen molar-refractivity contribution in [3.05, 3.63) is 51.5 Å². The van der Waals surface area contributed by atoms with E-state index in [-0.39, 0.29) is 6.04 Å². The van der Waals surface area contributed by atoms with Gasteiger partial charge in [0.25, 0.3) is 0 Å². The van der Waals surface area contributed by atoms with E-state index in [1.807, 2.05) is 12.3 Å². The molecule has 0 aliphatic heterocycles. The molecular weight excluding hydrogens is 299 g/mol. The molecule has 0 saturated carbocycles. The Kier molecular flexibility index (Phi) is 4.97. The van der Waals surface area contributed by atoms with E-state index in [4.69, 9.17) is 5.84 Å². The molecule has 1 aromatic heterocycles. The summed E-state index contributed by atoms with van der Waals surface area (Å²) < 4.78 is 37.5. The molecular formula is C14H16F3N3S. The minimum atomic E-state index is -4.30. The number of hydrogen-bond donors (Lipinski definition) is 2. The van der Waals surface area contributed by atoms with Gasteiger partial charge in [0.1, 0.15) is 0 Å². The Morgan fingerprint density at radius 3 is 2.38 bits per heavy atom. The summed E-state index contributed by atoms with van der Waals surface area (Å²) in [5, 5.41) is 2.95. The fourth-order valence-corrected chi connectivity index (χ4v) is 2.68. The Morgan fingerprint density at radius 1 is 1.24 bits per heavy atom. The molecule has 2 rings (SSSR count). The molecule has 2 aromatic rings. The molecule has 0 bridgehead atoms. The van der Waals surface area contributed by atoms with Gasteiger partial charge in [-0.05, 0) is 31.0 Å². The Balaban J connectivity index is 2.01. The second-order valence-corrected chi connectivity index (χ2v) is 5.89. The molecule has 0 aliphatic carbocycles. The van der Waals surface area contributed by atoms with Crippen molar-refractivity contribution in [1.82, 2.24) is 10.4 Å². The summed E-state index contributed by atoms with van der Waals surface area (Å²) in [6, 6.07) is 5.09. The van der Waals surface area contributed by atoms with Crippen LogP contribution >= 0.6 is 11.3 Å². The van der Waals surface area contributed by atoms with Crippen molar-refractivity contribution in [2.75, 3.05) is 0 Å². The average Bonchev–Trinajstić information content (AvgIpc) is 2.83. The Hall–Kier alpha value is -1.44. The minimum absolute atomic E-state index is 0.0664.